The molecule has 2 heterocycles. The van der Waals surface area contributed by atoms with E-state index >= 15 is 0 Å². The third kappa shape index (κ3) is 2.71. The van der Waals surface area contributed by atoms with Crippen LogP contribution in [0.1, 0.15) is 44.3 Å². The number of carbonyl (C=O) groups is 2. The van der Waals surface area contributed by atoms with Gasteiger partial charge in [-0.15, -0.1) is 0 Å². The van der Waals surface area contributed by atoms with Crippen molar-refractivity contribution in [3.05, 3.63) is 24.2 Å². The van der Waals surface area contributed by atoms with Crippen molar-refractivity contribution >= 4 is 11.8 Å². The number of amides is 2. The smallest absolute Gasteiger partial charge is 0.243 e. The fourth-order valence-electron chi connectivity index (χ4n) is 3.14. The van der Waals surface area contributed by atoms with Crippen LogP contribution in [0.25, 0.3) is 0 Å². The van der Waals surface area contributed by atoms with Gasteiger partial charge in [-0.1, -0.05) is 12.8 Å². The van der Waals surface area contributed by atoms with Gasteiger partial charge in [0.25, 0.3) is 0 Å². The number of carbonyl (C=O) groups excluding carboxylic acids is 2. The quantitative estimate of drug-likeness (QED) is 0.912. The molecule has 20 heavy (non-hydrogen) atoms. The second-order valence-electron chi connectivity index (χ2n) is 5.65. The van der Waals surface area contributed by atoms with Crippen LogP contribution in [0.4, 0.5) is 0 Å². The standard InChI is InChI=1S/C15H20N2O3/c18-14-8-7-13(15(19)16-11-4-1-2-5-11)17(14)10-12-6-3-9-20-12/h3,6,9,11,13H,1-2,4-5,7-8,10H2,(H,16,19)/t13-/m0/s1. The van der Waals surface area contributed by atoms with E-state index in [-0.39, 0.29) is 17.9 Å². The Morgan fingerprint density at radius 1 is 1.35 bits per heavy atom. The predicted molar refractivity (Wildman–Crippen MR) is 72.7 cm³/mol. The van der Waals surface area contributed by atoms with E-state index < -0.39 is 0 Å². The van der Waals surface area contributed by atoms with E-state index in [1.807, 2.05) is 6.07 Å². The van der Waals surface area contributed by atoms with Gasteiger partial charge in [-0.3, -0.25) is 9.59 Å². The maximum atomic E-state index is 12.4. The van der Waals surface area contributed by atoms with Gasteiger partial charge in [0.2, 0.25) is 11.8 Å². The molecule has 0 bridgehead atoms. The molecule has 1 atom stereocenters. The third-order valence-electron chi connectivity index (χ3n) is 4.24. The zero-order valence-electron chi connectivity index (χ0n) is 11.5. The summed E-state index contributed by atoms with van der Waals surface area (Å²) in [6.45, 7) is 0.384. The molecular formula is C15H20N2O3. The van der Waals surface area contributed by atoms with E-state index in [1.165, 1.54) is 12.8 Å². The molecule has 5 heteroatoms. The lowest BCUT2D eigenvalue weighted by Gasteiger charge is -2.24. The fourth-order valence-corrected chi connectivity index (χ4v) is 3.14. The Bertz CT molecular complexity index is 477. The molecule has 0 radical (unpaired) electrons. The number of nitrogens with one attached hydrogen (secondary N) is 1. The van der Waals surface area contributed by atoms with Crippen LogP contribution in [-0.4, -0.2) is 28.8 Å². The average Bonchev–Trinajstić information content (AvgIpc) is 3.14. The number of nitrogens with zero attached hydrogens (tertiary/aromatic N) is 1. The summed E-state index contributed by atoms with van der Waals surface area (Å²) >= 11 is 0. The Hall–Kier alpha value is -1.78. The monoisotopic (exact) mass is 276 g/mol. The first kappa shape index (κ1) is 13.2. The Kier molecular flexibility index (Phi) is 3.76. The molecule has 1 aromatic rings. The van der Waals surface area contributed by atoms with Crippen LogP contribution in [0.3, 0.4) is 0 Å². The SMILES string of the molecule is O=C(NC1CCCC1)[C@@H]1CCC(=O)N1Cc1ccco1. The minimum Gasteiger partial charge on any atom is -0.467 e. The lowest BCUT2D eigenvalue weighted by atomic mass is 10.1. The number of likely N-dealkylation sites (tertiary alicyclic amines) is 1. The lowest BCUT2D eigenvalue weighted by Crippen LogP contribution is -2.47. The van der Waals surface area contributed by atoms with Crippen LogP contribution >= 0.6 is 0 Å². The lowest BCUT2D eigenvalue weighted by molar-refractivity contribution is -0.136. The van der Waals surface area contributed by atoms with Crippen LogP contribution in [0.15, 0.2) is 22.8 Å². The summed E-state index contributed by atoms with van der Waals surface area (Å²) in [5, 5.41) is 3.09. The van der Waals surface area contributed by atoms with Crippen molar-refractivity contribution in [2.75, 3.05) is 0 Å². The van der Waals surface area contributed by atoms with Crippen LogP contribution in [-0.2, 0) is 16.1 Å². The molecule has 0 aromatic carbocycles. The van der Waals surface area contributed by atoms with Gasteiger partial charge in [-0.05, 0) is 31.4 Å². The highest BCUT2D eigenvalue weighted by atomic mass is 16.3. The maximum Gasteiger partial charge on any atom is 0.243 e. The summed E-state index contributed by atoms with van der Waals surface area (Å²) < 4.78 is 5.28. The summed E-state index contributed by atoms with van der Waals surface area (Å²) in [6.07, 6.45) is 7.13. The Balaban J connectivity index is 1.64. The molecule has 108 valence electrons. The van der Waals surface area contributed by atoms with E-state index in [0.29, 0.717) is 25.4 Å². The largest absolute Gasteiger partial charge is 0.467 e. The van der Waals surface area contributed by atoms with E-state index in [2.05, 4.69) is 5.32 Å². The number of hydrogen-bond acceptors (Lipinski definition) is 3. The van der Waals surface area contributed by atoms with Crippen molar-refractivity contribution in [1.29, 1.82) is 0 Å². The topological polar surface area (TPSA) is 62.6 Å². The minimum atomic E-state index is -0.340. The molecule has 1 N–H and O–H groups in total. The molecule has 1 aromatic heterocycles. The van der Waals surface area contributed by atoms with E-state index in [4.69, 9.17) is 4.42 Å². The third-order valence-corrected chi connectivity index (χ3v) is 4.24. The van der Waals surface area contributed by atoms with Crippen molar-refractivity contribution in [3.8, 4) is 0 Å². The first-order valence-corrected chi connectivity index (χ1v) is 7.36. The molecule has 0 unspecified atom stereocenters. The van der Waals surface area contributed by atoms with Gasteiger partial charge in [0.1, 0.15) is 11.8 Å². The summed E-state index contributed by atoms with van der Waals surface area (Å²) in [6, 6.07) is 3.58. The van der Waals surface area contributed by atoms with Crippen LogP contribution in [0.2, 0.25) is 0 Å². The summed E-state index contributed by atoms with van der Waals surface area (Å²) in [5.74, 6) is 0.751. The van der Waals surface area contributed by atoms with Gasteiger partial charge in [0.05, 0.1) is 12.8 Å². The first-order chi connectivity index (χ1) is 9.74. The molecule has 1 saturated heterocycles. The molecule has 1 aliphatic heterocycles. The number of furan rings is 1. The van der Waals surface area contributed by atoms with Crippen molar-refractivity contribution in [2.24, 2.45) is 0 Å². The highest BCUT2D eigenvalue weighted by Crippen LogP contribution is 2.23. The fraction of sp³-hybridized carbons (Fsp3) is 0.600. The molecule has 2 aliphatic rings. The number of hydrogen-bond donors (Lipinski definition) is 1. The van der Waals surface area contributed by atoms with Gasteiger partial charge in [0, 0.05) is 12.5 Å². The second-order valence-corrected chi connectivity index (χ2v) is 5.65. The predicted octanol–water partition coefficient (Wildman–Crippen LogP) is 1.83. The maximum absolute atomic E-state index is 12.4. The molecular weight excluding hydrogens is 256 g/mol. The van der Waals surface area contributed by atoms with Crippen molar-refractivity contribution in [1.82, 2.24) is 10.2 Å². The van der Waals surface area contributed by atoms with Crippen molar-refractivity contribution < 1.29 is 14.0 Å². The van der Waals surface area contributed by atoms with Crippen LogP contribution < -0.4 is 5.32 Å². The van der Waals surface area contributed by atoms with Gasteiger partial charge in [-0.2, -0.15) is 0 Å². The zero-order chi connectivity index (χ0) is 13.9. The summed E-state index contributed by atoms with van der Waals surface area (Å²) in [7, 11) is 0. The molecule has 2 amide bonds. The molecule has 5 nitrogen and oxygen atoms in total. The van der Waals surface area contributed by atoms with Crippen LogP contribution in [0, 0.1) is 0 Å². The Morgan fingerprint density at radius 2 is 2.15 bits per heavy atom. The second kappa shape index (κ2) is 5.69. The molecule has 3 rings (SSSR count). The molecule has 1 saturated carbocycles. The highest BCUT2D eigenvalue weighted by molar-refractivity contribution is 5.91. The number of rotatable bonds is 4. The molecule has 0 spiro atoms. The van der Waals surface area contributed by atoms with Gasteiger partial charge < -0.3 is 14.6 Å². The molecule has 2 fully saturated rings. The highest BCUT2D eigenvalue weighted by Gasteiger charge is 2.37. The van der Waals surface area contributed by atoms with Crippen molar-refractivity contribution in [2.45, 2.75) is 57.2 Å². The van der Waals surface area contributed by atoms with Crippen LogP contribution in [0.5, 0.6) is 0 Å². The normalized spacial score (nSPS) is 23.5. The average molecular weight is 276 g/mol. The van der Waals surface area contributed by atoms with E-state index in [1.54, 1.807) is 17.2 Å². The summed E-state index contributed by atoms with van der Waals surface area (Å²) in [5.41, 5.74) is 0. The van der Waals surface area contributed by atoms with Crippen molar-refractivity contribution in [3.63, 3.8) is 0 Å². The van der Waals surface area contributed by atoms with E-state index in [9.17, 15) is 9.59 Å². The Labute approximate surface area is 118 Å². The first-order valence-electron chi connectivity index (χ1n) is 7.36. The van der Waals surface area contributed by atoms with Gasteiger partial charge in [-0.25, -0.2) is 0 Å². The van der Waals surface area contributed by atoms with Gasteiger partial charge in [0.15, 0.2) is 0 Å². The Morgan fingerprint density at radius 3 is 2.85 bits per heavy atom. The summed E-state index contributed by atoms with van der Waals surface area (Å²) in [4.78, 5) is 25.9. The zero-order valence-corrected chi connectivity index (χ0v) is 11.5. The van der Waals surface area contributed by atoms with E-state index in [0.717, 1.165) is 18.6 Å². The van der Waals surface area contributed by atoms with Gasteiger partial charge >= 0.3 is 0 Å². The molecule has 1 aliphatic carbocycles. The minimum absolute atomic E-state index is 0.00527.